The summed E-state index contributed by atoms with van der Waals surface area (Å²) < 4.78 is 37.0. The summed E-state index contributed by atoms with van der Waals surface area (Å²) in [5.74, 6) is 1.83. The highest BCUT2D eigenvalue weighted by Crippen LogP contribution is 2.35. The molecule has 5 nitrogen and oxygen atoms in total. The average Bonchev–Trinajstić information content (AvgIpc) is 2.70. The Morgan fingerprint density at radius 3 is 2.82 bits per heavy atom. The van der Waals surface area contributed by atoms with Gasteiger partial charge in [-0.1, -0.05) is 0 Å². The summed E-state index contributed by atoms with van der Waals surface area (Å²) in [6.45, 7) is 0.495. The van der Waals surface area contributed by atoms with Gasteiger partial charge in [0, 0.05) is 16.7 Å². The number of benzene rings is 1. The Hall–Kier alpha value is -1.14. The van der Waals surface area contributed by atoms with Gasteiger partial charge in [-0.3, -0.25) is 0 Å². The highest BCUT2D eigenvalue weighted by atomic mass is 35.7. The van der Waals surface area contributed by atoms with Gasteiger partial charge in [-0.2, -0.15) is 0 Å². The molecule has 0 spiro atoms. The molecule has 0 fully saturated rings. The lowest BCUT2D eigenvalue weighted by Crippen LogP contribution is -2.04. The fraction of sp³-hybridized carbons (Fsp3) is 0.400. The van der Waals surface area contributed by atoms with Crippen molar-refractivity contribution in [3.63, 3.8) is 0 Å². The van der Waals surface area contributed by atoms with Crippen molar-refractivity contribution in [3.8, 4) is 17.2 Å². The second kappa shape index (κ2) is 5.01. The lowest BCUT2D eigenvalue weighted by Gasteiger charge is -2.05. The van der Waals surface area contributed by atoms with Crippen LogP contribution in [0.15, 0.2) is 18.2 Å². The van der Waals surface area contributed by atoms with Crippen molar-refractivity contribution < 1.29 is 22.6 Å². The quantitative estimate of drug-likeness (QED) is 0.607. The normalized spacial score (nSPS) is 13.7. The molecule has 0 N–H and O–H groups in total. The topological polar surface area (TPSA) is 61.8 Å². The molecule has 0 saturated carbocycles. The minimum absolute atomic E-state index is 0.0981. The summed E-state index contributed by atoms with van der Waals surface area (Å²) >= 11 is 0. The fourth-order valence-electron chi connectivity index (χ4n) is 1.39. The first kappa shape index (κ1) is 12.3. The van der Waals surface area contributed by atoms with Crippen molar-refractivity contribution in [2.75, 3.05) is 19.2 Å². The molecular weight excluding hydrogens is 268 g/mol. The summed E-state index contributed by atoms with van der Waals surface area (Å²) in [6, 6.07) is 5.19. The molecular formula is C10H11ClO5S. The van der Waals surface area contributed by atoms with E-state index in [1.165, 1.54) is 0 Å². The second-order valence-electron chi connectivity index (χ2n) is 3.46. The number of ether oxygens (including phenoxy) is 3. The molecule has 2 rings (SSSR count). The zero-order chi connectivity index (χ0) is 12.3. The van der Waals surface area contributed by atoms with Gasteiger partial charge in [0.1, 0.15) is 5.75 Å². The van der Waals surface area contributed by atoms with Crippen LogP contribution in [0.3, 0.4) is 0 Å². The summed E-state index contributed by atoms with van der Waals surface area (Å²) in [7, 11) is 1.63. The Bertz CT molecular complexity index is 499. The molecule has 0 radical (unpaired) electrons. The first-order valence-corrected chi connectivity index (χ1v) is 7.47. The number of fused-ring (bicyclic) bond motifs is 1. The van der Waals surface area contributed by atoms with Crippen LogP contribution in [0.4, 0.5) is 0 Å². The predicted molar refractivity (Wildman–Crippen MR) is 62.3 cm³/mol. The fourth-order valence-corrected chi connectivity index (χ4v) is 2.18. The first-order chi connectivity index (χ1) is 8.04. The van der Waals surface area contributed by atoms with E-state index in [-0.39, 0.29) is 19.2 Å². The van der Waals surface area contributed by atoms with Gasteiger partial charge in [-0.15, -0.1) is 0 Å². The summed E-state index contributed by atoms with van der Waals surface area (Å²) in [4.78, 5) is 0. The number of rotatable bonds is 5. The van der Waals surface area contributed by atoms with Crippen LogP contribution in [0.2, 0.25) is 0 Å². The van der Waals surface area contributed by atoms with Gasteiger partial charge in [0.05, 0.1) is 12.4 Å². The molecule has 1 aliphatic rings. The van der Waals surface area contributed by atoms with Gasteiger partial charge < -0.3 is 14.2 Å². The summed E-state index contributed by atoms with van der Waals surface area (Å²) in [5, 5.41) is 0. The van der Waals surface area contributed by atoms with E-state index >= 15 is 0 Å². The monoisotopic (exact) mass is 278 g/mol. The van der Waals surface area contributed by atoms with Crippen LogP contribution in [0.5, 0.6) is 17.2 Å². The largest absolute Gasteiger partial charge is 0.493 e. The van der Waals surface area contributed by atoms with E-state index in [1.807, 2.05) is 0 Å². The molecule has 0 saturated heterocycles. The first-order valence-electron chi connectivity index (χ1n) is 4.99. The highest BCUT2D eigenvalue weighted by molar-refractivity contribution is 8.13. The molecule has 7 heteroatoms. The predicted octanol–water partition coefficient (Wildman–Crippen LogP) is 1.75. The number of hydrogen-bond acceptors (Lipinski definition) is 5. The van der Waals surface area contributed by atoms with E-state index in [2.05, 4.69) is 0 Å². The van der Waals surface area contributed by atoms with Gasteiger partial charge in [-0.05, 0) is 18.6 Å². The third kappa shape index (κ3) is 3.67. The zero-order valence-corrected chi connectivity index (χ0v) is 10.5. The third-order valence-corrected chi connectivity index (χ3v) is 3.38. The maximum Gasteiger partial charge on any atom is 0.232 e. The molecule has 1 aliphatic heterocycles. The molecule has 0 bridgehead atoms. The Balaban J connectivity index is 1.84. The highest BCUT2D eigenvalue weighted by Gasteiger charge is 2.13. The summed E-state index contributed by atoms with van der Waals surface area (Å²) in [6.07, 6.45) is 0.347. The van der Waals surface area contributed by atoms with Gasteiger partial charge in [0.2, 0.25) is 15.8 Å². The maximum atomic E-state index is 10.7. The van der Waals surface area contributed by atoms with Gasteiger partial charge in [0.15, 0.2) is 11.5 Å². The van der Waals surface area contributed by atoms with Crippen molar-refractivity contribution in [2.45, 2.75) is 6.42 Å². The van der Waals surface area contributed by atoms with Crippen LogP contribution in [-0.2, 0) is 9.05 Å². The van der Waals surface area contributed by atoms with Crippen LogP contribution >= 0.6 is 10.7 Å². The Morgan fingerprint density at radius 1 is 1.29 bits per heavy atom. The maximum absolute atomic E-state index is 10.7. The Kier molecular flexibility index (Phi) is 3.63. The van der Waals surface area contributed by atoms with Crippen LogP contribution < -0.4 is 14.2 Å². The van der Waals surface area contributed by atoms with Crippen molar-refractivity contribution in [2.24, 2.45) is 0 Å². The molecule has 0 aromatic heterocycles. The SMILES string of the molecule is O=S(=O)(Cl)CCCOc1ccc2c(c1)OCO2. The van der Waals surface area contributed by atoms with E-state index < -0.39 is 9.05 Å². The molecule has 1 aromatic carbocycles. The lowest BCUT2D eigenvalue weighted by atomic mass is 10.3. The summed E-state index contributed by atoms with van der Waals surface area (Å²) in [5.41, 5.74) is 0. The van der Waals surface area contributed by atoms with Crippen LogP contribution in [0.25, 0.3) is 0 Å². The average molecular weight is 279 g/mol. The molecule has 17 heavy (non-hydrogen) atoms. The van der Waals surface area contributed by atoms with Gasteiger partial charge >= 0.3 is 0 Å². The van der Waals surface area contributed by atoms with E-state index in [9.17, 15) is 8.42 Å². The molecule has 0 atom stereocenters. The van der Waals surface area contributed by atoms with Crippen molar-refractivity contribution >= 4 is 19.7 Å². The molecule has 0 unspecified atom stereocenters. The number of halogens is 1. The molecule has 94 valence electrons. The molecule has 1 aromatic rings. The third-order valence-electron chi connectivity index (χ3n) is 2.15. The number of hydrogen-bond donors (Lipinski definition) is 0. The van der Waals surface area contributed by atoms with Crippen molar-refractivity contribution in [1.82, 2.24) is 0 Å². The van der Waals surface area contributed by atoms with Crippen LogP contribution in [0, 0.1) is 0 Å². The minimum Gasteiger partial charge on any atom is -0.493 e. The molecule has 0 aliphatic carbocycles. The van der Waals surface area contributed by atoms with Gasteiger partial charge in [-0.25, -0.2) is 8.42 Å². The lowest BCUT2D eigenvalue weighted by molar-refractivity contribution is 0.173. The van der Waals surface area contributed by atoms with E-state index in [4.69, 9.17) is 24.9 Å². The molecule has 0 amide bonds. The van der Waals surface area contributed by atoms with E-state index in [1.54, 1.807) is 18.2 Å². The van der Waals surface area contributed by atoms with Gasteiger partial charge in [0.25, 0.3) is 0 Å². The minimum atomic E-state index is -3.44. The van der Waals surface area contributed by atoms with Crippen molar-refractivity contribution in [1.29, 1.82) is 0 Å². The smallest absolute Gasteiger partial charge is 0.232 e. The zero-order valence-electron chi connectivity index (χ0n) is 8.89. The molecule has 1 heterocycles. The van der Waals surface area contributed by atoms with E-state index in [0.29, 0.717) is 23.7 Å². The van der Waals surface area contributed by atoms with E-state index in [0.717, 1.165) is 0 Å². The standard InChI is InChI=1S/C10H11ClO5S/c11-17(12,13)5-1-4-14-8-2-3-9-10(6-8)16-7-15-9/h2-3,6H,1,4-5,7H2. The van der Waals surface area contributed by atoms with Crippen molar-refractivity contribution in [3.05, 3.63) is 18.2 Å². The second-order valence-corrected chi connectivity index (χ2v) is 6.36. The Labute approximate surface area is 104 Å². The Morgan fingerprint density at radius 2 is 2.06 bits per heavy atom. The van der Waals surface area contributed by atoms with Crippen LogP contribution in [0.1, 0.15) is 6.42 Å². The van der Waals surface area contributed by atoms with Crippen LogP contribution in [-0.4, -0.2) is 27.6 Å².